The van der Waals surface area contributed by atoms with E-state index in [0.29, 0.717) is 12.2 Å². The number of hydrogen-bond acceptors (Lipinski definition) is 4. The molecule has 2 N–H and O–H groups in total. The first-order chi connectivity index (χ1) is 10.1. The van der Waals surface area contributed by atoms with Crippen LogP contribution < -0.4 is 5.32 Å². The Balaban J connectivity index is 1.88. The molecule has 0 aliphatic rings. The molecule has 0 radical (unpaired) electrons. The lowest BCUT2D eigenvalue weighted by Crippen LogP contribution is -2.36. The van der Waals surface area contributed by atoms with Crippen LogP contribution in [0, 0.1) is 0 Å². The Hall–Kier alpha value is -2.41. The van der Waals surface area contributed by atoms with Crippen molar-refractivity contribution in [2.45, 2.75) is 13.1 Å². The summed E-state index contributed by atoms with van der Waals surface area (Å²) in [6.45, 7) is 0.723. The summed E-state index contributed by atoms with van der Waals surface area (Å²) >= 11 is 1.59. The van der Waals surface area contributed by atoms with Crippen molar-refractivity contribution in [1.29, 1.82) is 0 Å². The lowest BCUT2D eigenvalue weighted by atomic mass is 10.2. The van der Waals surface area contributed by atoms with E-state index in [4.69, 9.17) is 5.11 Å². The maximum Gasteiger partial charge on any atom is 0.335 e. The number of aromatic nitrogens is 1. The number of aromatic carboxylic acids is 1. The van der Waals surface area contributed by atoms with E-state index in [1.54, 1.807) is 23.3 Å². The number of thiophene rings is 1. The minimum atomic E-state index is -1.01. The van der Waals surface area contributed by atoms with Gasteiger partial charge in [0.05, 0.1) is 24.3 Å². The Kier molecular flexibility index (Phi) is 4.89. The fourth-order valence-corrected chi connectivity index (χ4v) is 2.47. The molecule has 0 unspecified atom stereocenters. The highest BCUT2D eigenvalue weighted by atomic mass is 32.1. The van der Waals surface area contributed by atoms with Crippen LogP contribution in [-0.4, -0.2) is 34.0 Å². The van der Waals surface area contributed by atoms with Crippen LogP contribution in [-0.2, 0) is 13.1 Å². The van der Waals surface area contributed by atoms with Gasteiger partial charge < -0.3 is 15.3 Å². The van der Waals surface area contributed by atoms with Crippen LogP contribution in [0.25, 0.3) is 0 Å². The highest BCUT2D eigenvalue weighted by molar-refractivity contribution is 7.09. The normalized spacial score (nSPS) is 10.1. The molecule has 0 aliphatic heterocycles. The Morgan fingerprint density at radius 2 is 2.24 bits per heavy atom. The molecule has 21 heavy (non-hydrogen) atoms. The van der Waals surface area contributed by atoms with Crippen LogP contribution in [0.5, 0.6) is 0 Å². The van der Waals surface area contributed by atoms with Crippen LogP contribution in [0.4, 0.5) is 4.79 Å². The molecule has 7 heteroatoms. The van der Waals surface area contributed by atoms with Gasteiger partial charge in [-0.2, -0.15) is 0 Å². The number of nitrogens with zero attached hydrogens (tertiary/aromatic N) is 2. The van der Waals surface area contributed by atoms with E-state index < -0.39 is 5.97 Å². The number of nitrogens with one attached hydrogen (secondary N) is 1. The minimum absolute atomic E-state index is 0.154. The highest BCUT2D eigenvalue weighted by Gasteiger charge is 2.10. The SMILES string of the molecule is CN(Cc1cccs1)C(=O)NCc1cc(C(=O)O)ccn1. The first kappa shape index (κ1) is 15.0. The Labute approximate surface area is 126 Å². The summed E-state index contributed by atoms with van der Waals surface area (Å²) in [5.74, 6) is -1.01. The second kappa shape index (κ2) is 6.85. The van der Waals surface area contributed by atoms with Gasteiger partial charge in [0.1, 0.15) is 0 Å². The number of amides is 2. The molecule has 0 bridgehead atoms. The van der Waals surface area contributed by atoms with Gasteiger partial charge in [-0.1, -0.05) is 6.07 Å². The minimum Gasteiger partial charge on any atom is -0.478 e. The number of carbonyl (C=O) groups excluding carboxylic acids is 1. The number of rotatable bonds is 5. The van der Waals surface area contributed by atoms with Crippen LogP contribution in [0.3, 0.4) is 0 Å². The van der Waals surface area contributed by atoms with Gasteiger partial charge in [-0.3, -0.25) is 4.98 Å². The van der Waals surface area contributed by atoms with Crippen LogP contribution in [0.2, 0.25) is 0 Å². The van der Waals surface area contributed by atoms with Crippen molar-refractivity contribution in [3.05, 3.63) is 52.0 Å². The van der Waals surface area contributed by atoms with Crippen molar-refractivity contribution in [1.82, 2.24) is 15.2 Å². The summed E-state index contributed by atoms with van der Waals surface area (Å²) in [4.78, 5) is 29.5. The molecule has 2 aromatic heterocycles. The van der Waals surface area contributed by atoms with E-state index in [1.807, 2.05) is 17.5 Å². The zero-order chi connectivity index (χ0) is 15.2. The molecular weight excluding hydrogens is 290 g/mol. The smallest absolute Gasteiger partial charge is 0.335 e. The molecule has 2 amide bonds. The Morgan fingerprint density at radius 3 is 2.90 bits per heavy atom. The van der Waals surface area contributed by atoms with E-state index in [1.165, 1.54) is 18.3 Å². The van der Waals surface area contributed by atoms with E-state index in [0.717, 1.165) is 4.88 Å². The molecular formula is C14H15N3O3S. The van der Waals surface area contributed by atoms with Crippen molar-refractivity contribution in [2.24, 2.45) is 0 Å². The molecule has 0 saturated heterocycles. The third-order valence-electron chi connectivity index (χ3n) is 2.80. The molecule has 2 heterocycles. The lowest BCUT2D eigenvalue weighted by Gasteiger charge is -2.17. The first-order valence-electron chi connectivity index (χ1n) is 6.26. The van der Waals surface area contributed by atoms with Gasteiger partial charge in [0.15, 0.2) is 0 Å². The average Bonchev–Trinajstić information content (AvgIpc) is 2.97. The quantitative estimate of drug-likeness (QED) is 0.887. The van der Waals surface area contributed by atoms with Crippen LogP contribution in [0.1, 0.15) is 20.9 Å². The third-order valence-corrected chi connectivity index (χ3v) is 3.67. The zero-order valence-electron chi connectivity index (χ0n) is 11.4. The molecule has 0 saturated carbocycles. The predicted octanol–water partition coefficient (Wildman–Crippen LogP) is 2.18. The molecule has 0 fully saturated rings. The third kappa shape index (κ3) is 4.28. The summed E-state index contributed by atoms with van der Waals surface area (Å²) in [5.41, 5.74) is 0.661. The number of pyridine rings is 1. The van der Waals surface area contributed by atoms with Crippen molar-refractivity contribution in [2.75, 3.05) is 7.05 Å². The molecule has 2 rings (SSSR count). The van der Waals surface area contributed by atoms with Crippen LogP contribution in [0.15, 0.2) is 35.8 Å². The molecule has 0 atom stereocenters. The van der Waals surface area contributed by atoms with Gasteiger partial charge >= 0.3 is 12.0 Å². The number of carbonyl (C=O) groups is 2. The van der Waals surface area contributed by atoms with Gasteiger partial charge in [0.2, 0.25) is 0 Å². The second-order valence-corrected chi connectivity index (χ2v) is 5.47. The summed E-state index contributed by atoms with van der Waals surface area (Å²) in [5, 5.41) is 13.6. The van der Waals surface area contributed by atoms with Crippen LogP contribution >= 0.6 is 11.3 Å². The van der Waals surface area contributed by atoms with Gasteiger partial charge in [-0.05, 0) is 23.6 Å². The molecule has 2 aromatic rings. The van der Waals surface area contributed by atoms with Crippen molar-refractivity contribution in [3.8, 4) is 0 Å². The fraction of sp³-hybridized carbons (Fsp3) is 0.214. The fourth-order valence-electron chi connectivity index (χ4n) is 1.72. The number of carboxylic acid groups (broad SMARTS) is 1. The topological polar surface area (TPSA) is 82.5 Å². The Morgan fingerprint density at radius 1 is 1.43 bits per heavy atom. The summed E-state index contributed by atoms with van der Waals surface area (Å²) in [6.07, 6.45) is 1.42. The van der Waals surface area contributed by atoms with E-state index in [-0.39, 0.29) is 18.1 Å². The average molecular weight is 305 g/mol. The molecule has 0 aliphatic carbocycles. The predicted molar refractivity (Wildman–Crippen MR) is 79.2 cm³/mol. The number of carboxylic acids is 1. The zero-order valence-corrected chi connectivity index (χ0v) is 12.3. The van der Waals surface area contributed by atoms with Crippen molar-refractivity contribution in [3.63, 3.8) is 0 Å². The molecule has 0 spiro atoms. The molecule has 110 valence electrons. The van der Waals surface area contributed by atoms with Crippen molar-refractivity contribution >= 4 is 23.3 Å². The largest absolute Gasteiger partial charge is 0.478 e. The van der Waals surface area contributed by atoms with Gasteiger partial charge in [-0.15, -0.1) is 11.3 Å². The monoisotopic (exact) mass is 305 g/mol. The number of urea groups is 1. The van der Waals surface area contributed by atoms with Gasteiger partial charge in [-0.25, -0.2) is 9.59 Å². The second-order valence-electron chi connectivity index (χ2n) is 4.44. The van der Waals surface area contributed by atoms with Gasteiger partial charge in [0, 0.05) is 18.1 Å². The van der Waals surface area contributed by atoms with E-state index in [9.17, 15) is 9.59 Å². The van der Waals surface area contributed by atoms with Gasteiger partial charge in [0.25, 0.3) is 0 Å². The van der Waals surface area contributed by atoms with Crippen molar-refractivity contribution < 1.29 is 14.7 Å². The summed E-state index contributed by atoms with van der Waals surface area (Å²) < 4.78 is 0. The maximum absolute atomic E-state index is 11.9. The van der Waals surface area contributed by atoms with E-state index >= 15 is 0 Å². The first-order valence-corrected chi connectivity index (χ1v) is 7.14. The standard InChI is InChI=1S/C14H15N3O3S/c1-17(9-12-3-2-6-21-12)14(20)16-8-11-7-10(13(18)19)4-5-15-11/h2-7H,8-9H2,1H3,(H,16,20)(H,18,19). The number of hydrogen-bond donors (Lipinski definition) is 2. The summed E-state index contributed by atoms with van der Waals surface area (Å²) in [7, 11) is 1.70. The molecule has 0 aromatic carbocycles. The van der Waals surface area contributed by atoms with E-state index in [2.05, 4.69) is 10.3 Å². The highest BCUT2D eigenvalue weighted by Crippen LogP contribution is 2.10. The maximum atomic E-state index is 11.9. The summed E-state index contributed by atoms with van der Waals surface area (Å²) in [6, 6.07) is 6.53. The lowest BCUT2D eigenvalue weighted by molar-refractivity contribution is 0.0696. The molecule has 6 nitrogen and oxygen atoms in total. The Bertz CT molecular complexity index is 628.